The molecule has 2 aliphatic heterocycles. The molecule has 0 saturated carbocycles. The Bertz CT molecular complexity index is 1170. The summed E-state index contributed by atoms with van der Waals surface area (Å²) in [6, 6.07) is 12.6. The standard InChI is InChI=1S/C25H25N3O4/c1-2-3-12-28-24(30)18-9-8-17(15-19(18)25(28)31)23(29)27-13-10-16(11-14-27)22-26-20-6-4-5-7-21(20)32-22/h4-9,15-16H,2-3,10-14H2,1H3. The lowest BCUT2D eigenvalue weighted by Gasteiger charge is -2.30. The smallest absolute Gasteiger partial charge is 0.261 e. The molecule has 3 aromatic rings. The third-order valence-corrected chi connectivity index (χ3v) is 6.39. The predicted octanol–water partition coefficient (Wildman–Crippen LogP) is 4.24. The van der Waals surface area contributed by atoms with E-state index in [1.54, 1.807) is 23.1 Å². The van der Waals surface area contributed by atoms with Gasteiger partial charge in [-0.25, -0.2) is 4.98 Å². The van der Waals surface area contributed by atoms with Crippen LogP contribution in [0.15, 0.2) is 46.9 Å². The Labute approximate surface area is 186 Å². The predicted molar refractivity (Wildman–Crippen MR) is 119 cm³/mol. The molecule has 1 saturated heterocycles. The van der Waals surface area contributed by atoms with Crippen LogP contribution in [0, 0.1) is 0 Å². The third kappa shape index (κ3) is 3.47. The monoisotopic (exact) mass is 431 g/mol. The highest BCUT2D eigenvalue weighted by molar-refractivity contribution is 6.22. The molecule has 2 aromatic carbocycles. The van der Waals surface area contributed by atoms with Crippen molar-refractivity contribution >= 4 is 28.8 Å². The van der Waals surface area contributed by atoms with Crippen LogP contribution in [-0.4, -0.2) is 52.1 Å². The van der Waals surface area contributed by atoms with E-state index in [0.29, 0.717) is 36.3 Å². The van der Waals surface area contributed by atoms with E-state index < -0.39 is 0 Å². The number of carbonyl (C=O) groups is 3. The van der Waals surface area contributed by atoms with Crippen LogP contribution in [0.1, 0.15) is 75.5 Å². The van der Waals surface area contributed by atoms with Gasteiger partial charge in [0.2, 0.25) is 0 Å². The maximum Gasteiger partial charge on any atom is 0.261 e. The SMILES string of the molecule is CCCCN1C(=O)c2ccc(C(=O)N3CCC(c4nc5ccccc5o4)CC3)cc2C1=O. The van der Waals surface area contributed by atoms with Gasteiger partial charge in [-0.3, -0.25) is 19.3 Å². The van der Waals surface area contributed by atoms with Crippen molar-refractivity contribution in [1.29, 1.82) is 0 Å². The van der Waals surface area contributed by atoms with Crippen molar-refractivity contribution in [3.8, 4) is 0 Å². The van der Waals surface area contributed by atoms with Crippen molar-refractivity contribution in [2.45, 2.75) is 38.5 Å². The topological polar surface area (TPSA) is 83.7 Å². The number of imide groups is 1. The zero-order valence-electron chi connectivity index (χ0n) is 18.0. The Hall–Kier alpha value is -3.48. The number of benzene rings is 2. The van der Waals surface area contributed by atoms with Gasteiger partial charge in [-0.15, -0.1) is 0 Å². The molecule has 0 N–H and O–H groups in total. The summed E-state index contributed by atoms with van der Waals surface area (Å²) in [5, 5.41) is 0. The second kappa shape index (κ2) is 8.22. The normalized spacial score (nSPS) is 16.8. The molecule has 2 aliphatic rings. The number of rotatable bonds is 5. The maximum atomic E-state index is 13.1. The molecular formula is C25H25N3O4. The van der Waals surface area contributed by atoms with Gasteiger partial charge in [0.25, 0.3) is 17.7 Å². The average Bonchev–Trinajstić information content (AvgIpc) is 3.36. The van der Waals surface area contributed by atoms with Gasteiger partial charge in [-0.1, -0.05) is 25.5 Å². The van der Waals surface area contributed by atoms with Gasteiger partial charge in [0.1, 0.15) is 5.52 Å². The van der Waals surface area contributed by atoms with Crippen molar-refractivity contribution < 1.29 is 18.8 Å². The number of fused-ring (bicyclic) bond motifs is 2. The summed E-state index contributed by atoms with van der Waals surface area (Å²) < 4.78 is 5.91. The number of likely N-dealkylation sites (tertiary alicyclic amines) is 1. The van der Waals surface area contributed by atoms with Crippen LogP contribution in [0.4, 0.5) is 0 Å². The van der Waals surface area contributed by atoms with E-state index >= 15 is 0 Å². The summed E-state index contributed by atoms with van der Waals surface area (Å²) in [7, 11) is 0. The fraction of sp³-hybridized carbons (Fsp3) is 0.360. The number of hydrogen-bond acceptors (Lipinski definition) is 5. The van der Waals surface area contributed by atoms with Crippen LogP contribution in [0.5, 0.6) is 0 Å². The van der Waals surface area contributed by atoms with Gasteiger partial charge in [0, 0.05) is 31.1 Å². The number of aromatic nitrogens is 1. The first-order chi connectivity index (χ1) is 15.6. The Morgan fingerprint density at radius 1 is 1.06 bits per heavy atom. The molecule has 3 amide bonds. The van der Waals surface area contributed by atoms with Crippen LogP contribution in [0.3, 0.4) is 0 Å². The quantitative estimate of drug-likeness (QED) is 0.564. The molecular weight excluding hydrogens is 406 g/mol. The summed E-state index contributed by atoms with van der Waals surface area (Å²) in [5.74, 6) is 0.223. The number of hydrogen-bond donors (Lipinski definition) is 0. The summed E-state index contributed by atoms with van der Waals surface area (Å²) in [5.41, 5.74) is 2.80. The zero-order chi connectivity index (χ0) is 22.2. The minimum atomic E-state index is -0.303. The van der Waals surface area contributed by atoms with Crippen molar-refractivity contribution in [3.05, 3.63) is 65.0 Å². The van der Waals surface area contributed by atoms with Crippen molar-refractivity contribution in [2.75, 3.05) is 19.6 Å². The fourth-order valence-corrected chi connectivity index (χ4v) is 4.52. The van der Waals surface area contributed by atoms with E-state index in [9.17, 15) is 14.4 Å². The molecule has 164 valence electrons. The van der Waals surface area contributed by atoms with Crippen LogP contribution in [0.2, 0.25) is 0 Å². The van der Waals surface area contributed by atoms with E-state index in [4.69, 9.17) is 4.42 Å². The van der Waals surface area contributed by atoms with Gasteiger partial charge < -0.3 is 9.32 Å². The molecule has 0 radical (unpaired) electrons. The molecule has 7 heteroatoms. The summed E-state index contributed by atoms with van der Waals surface area (Å²) >= 11 is 0. The minimum absolute atomic E-state index is 0.115. The summed E-state index contributed by atoms with van der Waals surface area (Å²) in [6.45, 7) is 3.61. The largest absolute Gasteiger partial charge is 0.440 e. The Balaban J connectivity index is 1.27. The summed E-state index contributed by atoms with van der Waals surface area (Å²) in [4.78, 5) is 46.0. The Morgan fingerprint density at radius 2 is 1.81 bits per heavy atom. The number of para-hydroxylation sites is 2. The van der Waals surface area contributed by atoms with Gasteiger partial charge >= 0.3 is 0 Å². The number of oxazole rings is 1. The third-order valence-electron chi connectivity index (χ3n) is 6.39. The van der Waals surface area contributed by atoms with Crippen LogP contribution in [0.25, 0.3) is 11.1 Å². The van der Waals surface area contributed by atoms with Crippen molar-refractivity contribution in [1.82, 2.24) is 14.8 Å². The first-order valence-corrected chi connectivity index (χ1v) is 11.2. The first kappa shape index (κ1) is 20.4. The molecule has 5 rings (SSSR count). The highest BCUT2D eigenvalue weighted by Crippen LogP contribution is 2.31. The lowest BCUT2D eigenvalue weighted by Crippen LogP contribution is -2.38. The van der Waals surface area contributed by atoms with Crippen LogP contribution >= 0.6 is 0 Å². The molecule has 0 spiro atoms. The lowest BCUT2D eigenvalue weighted by atomic mass is 9.96. The molecule has 0 atom stereocenters. The van der Waals surface area contributed by atoms with E-state index in [1.807, 2.05) is 31.2 Å². The number of piperidine rings is 1. The van der Waals surface area contributed by atoms with Crippen LogP contribution < -0.4 is 0 Å². The molecule has 0 aliphatic carbocycles. The number of unbranched alkanes of at least 4 members (excludes halogenated alkanes) is 1. The maximum absolute atomic E-state index is 13.1. The second-order valence-corrected chi connectivity index (χ2v) is 8.46. The second-order valence-electron chi connectivity index (χ2n) is 8.46. The lowest BCUT2D eigenvalue weighted by molar-refractivity contribution is 0.0651. The molecule has 7 nitrogen and oxygen atoms in total. The number of amides is 3. The molecule has 32 heavy (non-hydrogen) atoms. The van der Waals surface area contributed by atoms with Gasteiger partial charge in [0.05, 0.1) is 11.1 Å². The van der Waals surface area contributed by atoms with E-state index in [2.05, 4.69) is 4.98 Å². The molecule has 1 fully saturated rings. The molecule has 3 heterocycles. The zero-order valence-corrected chi connectivity index (χ0v) is 18.0. The molecule has 0 bridgehead atoms. The highest BCUT2D eigenvalue weighted by Gasteiger charge is 2.36. The van der Waals surface area contributed by atoms with Gasteiger partial charge in [-0.05, 0) is 49.6 Å². The van der Waals surface area contributed by atoms with Crippen molar-refractivity contribution in [2.24, 2.45) is 0 Å². The van der Waals surface area contributed by atoms with E-state index in [1.165, 1.54) is 4.90 Å². The van der Waals surface area contributed by atoms with Crippen LogP contribution in [-0.2, 0) is 0 Å². The van der Waals surface area contributed by atoms with E-state index in [-0.39, 0.29) is 23.6 Å². The number of nitrogens with zero attached hydrogens (tertiary/aromatic N) is 3. The average molecular weight is 431 g/mol. The van der Waals surface area contributed by atoms with E-state index in [0.717, 1.165) is 42.7 Å². The highest BCUT2D eigenvalue weighted by atomic mass is 16.3. The van der Waals surface area contributed by atoms with Crippen molar-refractivity contribution in [3.63, 3.8) is 0 Å². The van der Waals surface area contributed by atoms with Gasteiger partial charge in [0.15, 0.2) is 11.5 Å². The Kier molecular flexibility index (Phi) is 5.25. The molecule has 0 unspecified atom stereocenters. The summed E-state index contributed by atoms with van der Waals surface area (Å²) in [6.07, 6.45) is 3.21. The number of carbonyl (C=O) groups excluding carboxylic acids is 3. The van der Waals surface area contributed by atoms with Gasteiger partial charge in [-0.2, -0.15) is 0 Å². The molecule has 1 aromatic heterocycles. The minimum Gasteiger partial charge on any atom is -0.440 e. The first-order valence-electron chi connectivity index (χ1n) is 11.2. The fourth-order valence-electron chi connectivity index (χ4n) is 4.52. The Morgan fingerprint density at radius 3 is 2.56 bits per heavy atom.